The summed E-state index contributed by atoms with van der Waals surface area (Å²) in [6.07, 6.45) is 13.7. The quantitative estimate of drug-likeness (QED) is 0.364. The summed E-state index contributed by atoms with van der Waals surface area (Å²) in [6, 6.07) is 10.8. The lowest BCUT2D eigenvalue weighted by atomic mass is 9.94. The zero-order chi connectivity index (χ0) is 14.8. The first kappa shape index (κ1) is 16.6. The number of aliphatic hydroxyl groups is 1. The van der Waals surface area contributed by atoms with Crippen molar-refractivity contribution in [3.05, 3.63) is 42.0 Å². The standard InChI is InChI=1S/C19H28OS/c20-16-10-2-1-9-15-19(17-11-5-3-6-12-17)21-18-13-7-4-8-14-18/h4,7-8,11,13-14,19-20H,1-3,5-6,9-10,12,15-16H2. The molecule has 2 heteroatoms. The van der Waals surface area contributed by atoms with Crippen LogP contribution in [-0.2, 0) is 0 Å². The lowest BCUT2D eigenvalue weighted by molar-refractivity contribution is 0.282. The molecule has 0 amide bonds. The van der Waals surface area contributed by atoms with Crippen molar-refractivity contribution in [3.63, 3.8) is 0 Å². The fourth-order valence-electron chi connectivity index (χ4n) is 2.93. The van der Waals surface area contributed by atoms with Gasteiger partial charge < -0.3 is 5.11 Å². The highest BCUT2D eigenvalue weighted by molar-refractivity contribution is 8.00. The summed E-state index contributed by atoms with van der Waals surface area (Å²) in [4.78, 5) is 1.39. The Balaban J connectivity index is 1.88. The largest absolute Gasteiger partial charge is 0.396 e. The zero-order valence-corrected chi connectivity index (χ0v) is 13.8. The van der Waals surface area contributed by atoms with E-state index >= 15 is 0 Å². The Bertz CT molecular complexity index is 413. The van der Waals surface area contributed by atoms with Crippen molar-refractivity contribution < 1.29 is 5.11 Å². The molecule has 0 saturated heterocycles. The summed E-state index contributed by atoms with van der Waals surface area (Å²) in [7, 11) is 0. The van der Waals surface area contributed by atoms with E-state index < -0.39 is 0 Å². The SMILES string of the molecule is OCCCCCCC(Sc1ccccc1)C1=CCCCC1. The van der Waals surface area contributed by atoms with Gasteiger partial charge in [-0.15, -0.1) is 11.8 Å². The second kappa shape index (κ2) is 10.1. The summed E-state index contributed by atoms with van der Waals surface area (Å²) in [5, 5.41) is 9.51. The number of allylic oxidation sites excluding steroid dienone is 1. The zero-order valence-electron chi connectivity index (χ0n) is 13.0. The van der Waals surface area contributed by atoms with Crippen LogP contribution in [0.1, 0.15) is 57.8 Å². The molecule has 1 aliphatic rings. The maximum atomic E-state index is 8.86. The molecule has 21 heavy (non-hydrogen) atoms. The molecule has 1 unspecified atom stereocenters. The minimum Gasteiger partial charge on any atom is -0.396 e. The highest BCUT2D eigenvalue weighted by Gasteiger charge is 2.17. The van der Waals surface area contributed by atoms with E-state index in [0.717, 1.165) is 12.8 Å². The third-order valence-electron chi connectivity index (χ3n) is 4.14. The predicted octanol–water partition coefficient (Wildman–Crippen LogP) is 5.59. The van der Waals surface area contributed by atoms with Gasteiger partial charge in [-0.1, -0.05) is 49.1 Å². The molecular weight excluding hydrogens is 276 g/mol. The minimum absolute atomic E-state index is 0.341. The van der Waals surface area contributed by atoms with Gasteiger partial charge in [0.05, 0.1) is 0 Å². The van der Waals surface area contributed by atoms with E-state index in [1.165, 1.54) is 49.8 Å². The van der Waals surface area contributed by atoms with Crippen LogP contribution in [0.4, 0.5) is 0 Å². The highest BCUT2D eigenvalue weighted by atomic mass is 32.2. The first-order valence-corrected chi connectivity index (χ1v) is 9.29. The molecule has 116 valence electrons. The van der Waals surface area contributed by atoms with Crippen LogP contribution >= 0.6 is 11.8 Å². The molecule has 1 N–H and O–H groups in total. The van der Waals surface area contributed by atoms with Gasteiger partial charge in [-0.3, -0.25) is 0 Å². The molecule has 0 bridgehead atoms. The molecule has 0 radical (unpaired) electrons. The average Bonchev–Trinajstić information content (AvgIpc) is 2.55. The predicted molar refractivity (Wildman–Crippen MR) is 92.8 cm³/mol. The smallest absolute Gasteiger partial charge is 0.0431 e. The van der Waals surface area contributed by atoms with E-state index in [1.54, 1.807) is 5.57 Å². The Morgan fingerprint density at radius 1 is 1.00 bits per heavy atom. The fraction of sp³-hybridized carbons (Fsp3) is 0.579. The van der Waals surface area contributed by atoms with Crippen molar-refractivity contribution in [1.82, 2.24) is 0 Å². The van der Waals surface area contributed by atoms with Gasteiger partial charge in [0.1, 0.15) is 0 Å². The summed E-state index contributed by atoms with van der Waals surface area (Å²) in [6.45, 7) is 0.341. The number of benzene rings is 1. The Morgan fingerprint density at radius 3 is 2.52 bits per heavy atom. The number of hydrogen-bond acceptors (Lipinski definition) is 2. The fourth-order valence-corrected chi connectivity index (χ4v) is 4.23. The molecule has 1 aromatic rings. The molecule has 1 aliphatic carbocycles. The normalized spacial score (nSPS) is 16.5. The maximum Gasteiger partial charge on any atom is 0.0431 e. The van der Waals surface area contributed by atoms with Gasteiger partial charge in [-0.05, 0) is 50.7 Å². The summed E-state index contributed by atoms with van der Waals surface area (Å²) >= 11 is 2.04. The van der Waals surface area contributed by atoms with Crippen molar-refractivity contribution in [2.24, 2.45) is 0 Å². The van der Waals surface area contributed by atoms with Crippen molar-refractivity contribution in [1.29, 1.82) is 0 Å². The molecule has 2 rings (SSSR count). The molecule has 1 nitrogen and oxygen atoms in total. The molecule has 1 aromatic carbocycles. The molecule has 0 fully saturated rings. The highest BCUT2D eigenvalue weighted by Crippen LogP contribution is 2.35. The topological polar surface area (TPSA) is 20.2 Å². The van der Waals surface area contributed by atoms with E-state index in [0.29, 0.717) is 11.9 Å². The maximum absolute atomic E-state index is 8.86. The lowest BCUT2D eigenvalue weighted by Gasteiger charge is -2.23. The first-order valence-electron chi connectivity index (χ1n) is 8.41. The van der Waals surface area contributed by atoms with Gasteiger partial charge in [0.2, 0.25) is 0 Å². The molecule has 1 atom stereocenters. The number of hydrogen-bond donors (Lipinski definition) is 1. The van der Waals surface area contributed by atoms with Gasteiger partial charge >= 0.3 is 0 Å². The van der Waals surface area contributed by atoms with Crippen LogP contribution in [0.3, 0.4) is 0 Å². The number of rotatable bonds is 9. The monoisotopic (exact) mass is 304 g/mol. The Morgan fingerprint density at radius 2 is 1.81 bits per heavy atom. The van der Waals surface area contributed by atoms with Crippen molar-refractivity contribution in [2.75, 3.05) is 6.61 Å². The molecular formula is C19H28OS. The van der Waals surface area contributed by atoms with E-state index in [1.807, 2.05) is 11.8 Å². The van der Waals surface area contributed by atoms with Crippen LogP contribution in [0.15, 0.2) is 46.9 Å². The third kappa shape index (κ3) is 6.27. The molecule has 0 spiro atoms. The second-order valence-electron chi connectivity index (χ2n) is 5.87. The number of unbranched alkanes of at least 4 members (excludes halogenated alkanes) is 3. The Hall–Kier alpha value is -0.730. The molecule has 0 aromatic heterocycles. The van der Waals surface area contributed by atoms with E-state index in [4.69, 9.17) is 5.11 Å². The van der Waals surface area contributed by atoms with Crippen LogP contribution in [0.2, 0.25) is 0 Å². The van der Waals surface area contributed by atoms with Crippen molar-refractivity contribution in [3.8, 4) is 0 Å². The molecule has 0 saturated carbocycles. The van der Waals surface area contributed by atoms with Gasteiger partial charge in [0.25, 0.3) is 0 Å². The average molecular weight is 304 g/mol. The second-order valence-corrected chi connectivity index (χ2v) is 7.15. The lowest BCUT2D eigenvalue weighted by Crippen LogP contribution is -2.09. The molecule has 0 aliphatic heterocycles. The van der Waals surface area contributed by atoms with Crippen molar-refractivity contribution in [2.45, 2.75) is 67.9 Å². The summed E-state index contributed by atoms with van der Waals surface area (Å²) in [5.41, 5.74) is 1.68. The molecule has 0 heterocycles. The van der Waals surface area contributed by atoms with E-state index in [2.05, 4.69) is 36.4 Å². The first-order chi connectivity index (χ1) is 10.4. The van der Waals surface area contributed by atoms with E-state index in [9.17, 15) is 0 Å². The third-order valence-corrected chi connectivity index (χ3v) is 5.50. The van der Waals surface area contributed by atoms with Gasteiger partial charge in [-0.2, -0.15) is 0 Å². The number of aliphatic hydroxyl groups excluding tert-OH is 1. The van der Waals surface area contributed by atoms with Gasteiger partial charge in [-0.25, -0.2) is 0 Å². The minimum atomic E-state index is 0.341. The van der Waals surface area contributed by atoms with Crippen LogP contribution < -0.4 is 0 Å². The Kier molecular flexibility index (Phi) is 7.98. The van der Waals surface area contributed by atoms with Crippen molar-refractivity contribution >= 4 is 11.8 Å². The number of thioether (sulfide) groups is 1. The summed E-state index contributed by atoms with van der Waals surface area (Å²) < 4.78 is 0. The Labute approximate surface area is 133 Å². The summed E-state index contributed by atoms with van der Waals surface area (Å²) in [5.74, 6) is 0. The van der Waals surface area contributed by atoms with Crippen LogP contribution in [-0.4, -0.2) is 17.0 Å². The van der Waals surface area contributed by atoms with Gasteiger partial charge in [0.15, 0.2) is 0 Å². The van der Waals surface area contributed by atoms with Crippen LogP contribution in [0.5, 0.6) is 0 Å². The van der Waals surface area contributed by atoms with E-state index in [-0.39, 0.29) is 0 Å². The van der Waals surface area contributed by atoms with Crippen LogP contribution in [0, 0.1) is 0 Å². The van der Waals surface area contributed by atoms with Gasteiger partial charge in [0, 0.05) is 16.8 Å². The van der Waals surface area contributed by atoms with Crippen LogP contribution in [0.25, 0.3) is 0 Å².